The second-order valence-corrected chi connectivity index (χ2v) is 4.95. The van der Waals surface area contributed by atoms with E-state index >= 15 is 0 Å². The molecule has 0 saturated heterocycles. The van der Waals surface area contributed by atoms with Crippen LogP contribution in [0.5, 0.6) is 11.5 Å². The van der Waals surface area contributed by atoms with Crippen molar-refractivity contribution < 1.29 is 14.3 Å². The Kier molecular flexibility index (Phi) is 5.37. The SMILES string of the molecule is CCC(=O)Oc1ccc(/C(C)=C/c2ccc(OC)cc2)cc1. The van der Waals surface area contributed by atoms with Crippen LogP contribution in [0.1, 0.15) is 31.4 Å². The van der Waals surface area contributed by atoms with Crippen molar-refractivity contribution >= 4 is 17.6 Å². The van der Waals surface area contributed by atoms with Crippen LogP contribution in [0.15, 0.2) is 48.5 Å². The fourth-order valence-corrected chi connectivity index (χ4v) is 2.02. The molecule has 0 amide bonds. The van der Waals surface area contributed by atoms with Crippen molar-refractivity contribution in [3.8, 4) is 11.5 Å². The quantitative estimate of drug-likeness (QED) is 0.460. The Morgan fingerprint density at radius 3 is 2.14 bits per heavy atom. The minimum atomic E-state index is -0.224. The zero-order chi connectivity index (χ0) is 15.9. The van der Waals surface area contributed by atoms with Crippen molar-refractivity contribution in [2.75, 3.05) is 7.11 Å². The smallest absolute Gasteiger partial charge is 0.310 e. The molecule has 0 atom stereocenters. The Labute approximate surface area is 131 Å². The molecule has 0 aliphatic carbocycles. The summed E-state index contributed by atoms with van der Waals surface area (Å²) in [6.45, 7) is 3.83. The minimum Gasteiger partial charge on any atom is -0.497 e. The van der Waals surface area contributed by atoms with Crippen LogP contribution in [0.3, 0.4) is 0 Å². The van der Waals surface area contributed by atoms with Gasteiger partial charge in [-0.05, 0) is 47.9 Å². The number of carbonyl (C=O) groups is 1. The van der Waals surface area contributed by atoms with Crippen molar-refractivity contribution in [3.05, 3.63) is 59.7 Å². The largest absolute Gasteiger partial charge is 0.497 e. The van der Waals surface area contributed by atoms with Gasteiger partial charge < -0.3 is 9.47 Å². The number of benzene rings is 2. The third kappa shape index (κ3) is 4.22. The lowest BCUT2D eigenvalue weighted by atomic mass is 10.0. The van der Waals surface area contributed by atoms with E-state index < -0.39 is 0 Å². The summed E-state index contributed by atoms with van der Waals surface area (Å²) in [5, 5.41) is 0. The molecule has 3 nitrogen and oxygen atoms in total. The molecule has 22 heavy (non-hydrogen) atoms. The topological polar surface area (TPSA) is 35.5 Å². The number of allylic oxidation sites excluding steroid dienone is 1. The summed E-state index contributed by atoms with van der Waals surface area (Å²) < 4.78 is 10.3. The van der Waals surface area contributed by atoms with Gasteiger partial charge >= 0.3 is 5.97 Å². The summed E-state index contributed by atoms with van der Waals surface area (Å²) >= 11 is 0. The molecule has 2 aromatic carbocycles. The maximum Gasteiger partial charge on any atom is 0.310 e. The van der Waals surface area contributed by atoms with Gasteiger partial charge in [0.1, 0.15) is 11.5 Å². The van der Waals surface area contributed by atoms with E-state index in [1.807, 2.05) is 48.5 Å². The number of esters is 1. The van der Waals surface area contributed by atoms with Crippen molar-refractivity contribution in [1.29, 1.82) is 0 Å². The van der Waals surface area contributed by atoms with E-state index in [1.54, 1.807) is 14.0 Å². The zero-order valence-corrected chi connectivity index (χ0v) is 13.1. The molecule has 0 unspecified atom stereocenters. The second kappa shape index (κ2) is 7.46. The Morgan fingerprint density at radius 2 is 1.59 bits per heavy atom. The Morgan fingerprint density at radius 1 is 1.00 bits per heavy atom. The zero-order valence-electron chi connectivity index (χ0n) is 13.1. The van der Waals surface area contributed by atoms with E-state index in [1.165, 1.54) is 0 Å². The summed E-state index contributed by atoms with van der Waals surface area (Å²) in [6, 6.07) is 15.4. The number of carbonyl (C=O) groups excluding carboxylic acids is 1. The standard InChI is InChI=1S/C19H20O3/c1-4-19(20)22-18-11-7-16(8-12-18)14(2)13-15-5-9-17(21-3)10-6-15/h5-13H,4H2,1-3H3/b14-13+. The number of rotatable bonds is 5. The van der Waals surface area contributed by atoms with Gasteiger partial charge in [-0.15, -0.1) is 0 Å². The number of ether oxygens (including phenoxy) is 2. The summed E-state index contributed by atoms with van der Waals surface area (Å²) in [5.74, 6) is 1.20. The maximum absolute atomic E-state index is 11.2. The van der Waals surface area contributed by atoms with Crippen LogP contribution in [-0.2, 0) is 4.79 Å². The highest BCUT2D eigenvalue weighted by atomic mass is 16.5. The molecule has 2 aromatic rings. The van der Waals surface area contributed by atoms with Crippen molar-refractivity contribution in [3.63, 3.8) is 0 Å². The van der Waals surface area contributed by atoms with Crippen molar-refractivity contribution in [1.82, 2.24) is 0 Å². The Bertz CT molecular complexity index is 652. The second-order valence-electron chi connectivity index (χ2n) is 4.95. The first-order valence-electron chi connectivity index (χ1n) is 7.26. The molecule has 3 heteroatoms. The predicted octanol–water partition coefficient (Wildman–Crippen LogP) is 4.57. The fourth-order valence-electron chi connectivity index (χ4n) is 2.02. The molecule has 0 fully saturated rings. The van der Waals surface area contributed by atoms with Crippen LogP contribution in [0.4, 0.5) is 0 Å². The van der Waals surface area contributed by atoms with Gasteiger partial charge in [-0.25, -0.2) is 0 Å². The molecule has 0 spiro atoms. The highest BCUT2D eigenvalue weighted by molar-refractivity contribution is 5.80. The van der Waals surface area contributed by atoms with Gasteiger partial charge in [0.05, 0.1) is 7.11 Å². The third-order valence-electron chi connectivity index (χ3n) is 3.33. The fraction of sp³-hybridized carbons (Fsp3) is 0.211. The average Bonchev–Trinajstić information content (AvgIpc) is 2.56. The van der Waals surface area contributed by atoms with E-state index in [4.69, 9.17) is 9.47 Å². The van der Waals surface area contributed by atoms with Crippen LogP contribution in [0, 0.1) is 0 Å². The molecule has 0 heterocycles. The van der Waals surface area contributed by atoms with Crippen LogP contribution in [-0.4, -0.2) is 13.1 Å². The lowest BCUT2D eigenvalue weighted by Crippen LogP contribution is -2.05. The van der Waals surface area contributed by atoms with Crippen LogP contribution >= 0.6 is 0 Å². The molecule has 0 radical (unpaired) electrons. The van der Waals surface area contributed by atoms with Gasteiger partial charge in [0.2, 0.25) is 0 Å². The van der Waals surface area contributed by atoms with E-state index in [0.717, 1.165) is 22.4 Å². The van der Waals surface area contributed by atoms with Crippen LogP contribution < -0.4 is 9.47 Å². The van der Waals surface area contributed by atoms with E-state index in [2.05, 4.69) is 13.0 Å². The minimum absolute atomic E-state index is 0.224. The normalized spacial score (nSPS) is 11.1. The van der Waals surface area contributed by atoms with Crippen molar-refractivity contribution in [2.24, 2.45) is 0 Å². The molecule has 2 rings (SSSR count). The molecule has 0 aliphatic rings. The molecular weight excluding hydrogens is 276 g/mol. The summed E-state index contributed by atoms with van der Waals surface area (Å²) in [7, 11) is 1.66. The van der Waals surface area contributed by atoms with Crippen LogP contribution in [0.25, 0.3) is 11.6 Å². The summed E-state index contributed by atoms with van der Waals surface area (Å²) in [4.78, 5) is 11.2. The van der Waals surface area contributed by atoms with E-state index in [-0.39, 0.29) is 5.97 Å². The maximum atomic E-state index is 11.2. The first kappa shape index (κ1) is 15.8. The Hall–Kier alpha value is -2.55. The Balaban J connectivity index is 2.12. The molecular formula is C19H20O3. The van der Waals surface area contributed by atoms with E-state index in [0.29, 0.717) is 12.2 Å². The number of hydrogen-bond donors (Lipinski definition) is 0. The van der Waals surface area contributed by atoms with Gasteiger partial charge in [0, 0.05) is 6.42 Å². The molecule has 0 bridgehead atoms. The highest BCUT2D eigenvalue weighted by Gasteiger charge is 2.02. The molecule has 0 aromatic heterocycles. The first-order valence-corrected chi connectivity index (χ1v) is 7.26. The third-order valence-corrected chi connectivity index (χ3v) is 3.33. The molecule has 0 aliphatic heterocycles. The van der Waals surface area contributed by atoms with Crippen molar-refractivity contribution in [2.45, 2.75) is 20.3 Å². The first-order chi connectivity index (χ1) is 10.6. The van der Waals surface area contributed by atoms with Gasteiger partial charge in [-0.1, -0.05) is 37.3 Å². The van der Waals surface area contributed by atoms with E-state index in [9.17, 15) is 4.79 Å². The molecule has 0 saturated carbocycles. The lowest BCUT2D eigenvalue weighted by molar-refractivity contribution is -0.134. The van der Waals surface area contributed by atoms with Crippen LogP contribution in [0.2, 0.25) is 0 Å². The lowest BCUT2D eigenvalue weighted by Gasteiger charge is -2.06. The van der Waals surface area contributed by atoms with Gasteiger partial charge in [0.25, 0.3) is 0 Å². The van der Waals surface area contributed by atoms with Gasteiger partial charge in [-0.2, -0.15) is 0 Å². The molecule has 114 valence electrons. The summed E-state index contributed by atoms with van der Waals surface area (Å²) in [5.41, 5.74) is 3.34. The number of methoxy groups -OCH3 is 1. The van der Waals surface area contributed by atoms with Gasteiger partial charge in [-0.3, -0.25) is 4.79 Å². The van der Waals surface area contributed by atoms with Gasteiger partial charge in [0.15, 0.2) is 0 Å². The highest BCUT2D eigenvalue weighted by Crippen LogP contribution is 2.22. The monoisotopic (exact) mass is 296 g/mol. The predicted molar refractivity (Wildman–Crippen MR) is 88.9 cm³/mol. The number of hydrogen-bond acceptors (Lipinski definition) is 3. The molecule has 0 N–H and O–H groups in total. The average molecular weight is 296 g/mol. The summed E-state index contributed by atoms with van der Waals surface area (Å²) in [6.07, 6.45) is 2.48.